The predicted molar refractivity (Wildman–Crippen MR) is 61.7 cm³/mol. The van der Waals surface area contributed by atoms with Crippen molar-refractivity contribution in [2.75, 3.05) is 26.9 Å². The SMILES string of the molecule is COP(=O)(OCCC#N)OC[C@H]1COC(C)(C)O1. The summed E-state index contributed by atoms with van der Waals surface area (Å²) in [7, 11) is -2.39. The quantitative estimate of drug-likeness (QED) is 0.519. The van der Waals surface area contributed by atoms with Gasteiger partial charge in [0.2, 0.25) is 0 Å². The molecule has 0 aromatic heterocycles. The van der Waals surface area contributed by atoms with Crippen LogP contribution >= 0.6 is 7.82 Å². The van der Waals surface area contributed by atoms with Gasteiger partial charge >= 0.3 is 7.82 Å². The molecule has 0 aromatic rings. The van der Waals surface area contributed by atoms with Gasteiger partial charge in [-0.15, -0.1) is 0 Å². The molecule has 0 aliphatic carbocycles. The summed E-state index contributed by atoms with van der Waals surface area (Å²) in [5.74, 6) is -0.660. The number of phosphoric ester groups is 1. The van der Waals surface area contributed by atoms with Crippen molar-refractivity contribution in [1.82, 2.24) is 0 Å². The van der Waals surface area contributed by atoms with Gasteiger partial charge in [0.25, 0.3) is 0 Å². The Bertz CT molecular complexity index is 353. The zero-order valence-electron chi connectivity index (χ0n) is 10.7. The van der Waals surface area contributed by atoms with Crippen LogP contribution in [-0.4, -0.2) is 38.8 Å². The smallest absolute Gasteiger partial charge is 0.348 e. The first-order valence-corrected chi connectivity index (χ1v) is 7.00. The minimum Gasteiger partial charge on any atom is -0.348 e. The van der Waals surface area contributed by atoms with E-state index < -0.39 is 13.6 Å². The molecular formula is C10H18NO6P. The van der Waals surface area contributed by atoms with E-state index in [0.29, 0.717) is 6.61 Å². The van der Waals surface area contributed by atoms with E-state index in [9.17, 15) is 4.57 Å². The van der Waals surface area contributed by atoms with E-state index in [0.717, 1.165) is 0 Å². The highest BCUT2D eigenvalue weighted by Gasteiger charge is 2.35. The van der Waals surface area contributed by atoms with Crippen LogP contribution < -0.4 is 0 Å². The fourth-order valence-electron chi connectivity index (χ4n) is 1.37. The second-order valence-electron chi connectivity index (χ2n) is 4.12. The molecule has 0 bridgehead atoms. The molecule has 0 N–H and O–H groups in total. The number of phosphoric acid groups is 1. The molecule has 2 atom stereocenters. The monoisotopic (exact) mass is 279 g/mol. The Morgan fingerprint density at radius 2 is 2.22 bits per heavy atom. The molecule has 0 aromatic carbocycles. The summed E-state index contributed by atoms with van der Waals surface area (Å²) in [5.41, 5.74) is 0. The lowest BCUT2D eigenvalue weighted by atomic mass is 10.4. The van der Waals surface area contributed by atoms with Crippen molar-refractivity contribution in [2.45, 2.75) is 32.2 Å². The standard InChI is InChI=1S/C10H18NO6P/c1-10(2)14-7-9(17-10)8-16-18(12,13-3)15-6-4-5-11/h9H,4,6-8H2,1-3H3/t9-,18?/m1/s1. The maximum atomic E-state index is 11.9. The molecule has 8 heteroatoms. The predicted octanol–water partition coefficient (Wildman–Crippen LogP) is 1.84. The largest absolute Gasteiger partial charge is 0.474 e. The zero-order chi connectivity index (χ0) is 13.6. The van der Waals surface area contributed by atoms with Crippen LogP contribution in [0.25, 0.3) is 0 Å². The van der Waals surface area contributed by atoms with E-state index in [2.05, 4.69) is 0 Å². The van der Waals surface area contributed by atoms with Crippen LogP contribution in [0.2, 0.25) is 0 Å². The van der Waals surface area contributed by atoms with E-state index in [1.54, 1.807) is 13.8 Å². The van der Waals surface area contributed by atoms with Gasteiger partial charge in [0.1, 0.15) is 6.10 Å². The molecule has 18 heavy (non-hydrogen) atoms. The zero-order valence-corrected chi connectivity index (χ0v) is 11.6. The topological polar surface area (TPSA) is 87.0 Å². The summed E-state index contributed by atoms with van der Waals surface area (Å²) in [6.07, 6.45) is -0.199. The van der Waals surface area contributed by atoms with Crippen LogP contribution in [-0.2, 0) is 27.6 Å². The number of rotatable bonds is 7. The second kappa shape index (κ2) is 6.62. The Morgan fingerprint density at radius 3 is 2.72 bits per heavy atom. The average molecular weight is 279 g/mol. The number of nitrogens with zero attached hydrogens (tertiary/aromatic N) is 1. The molecule has 1 saturated heterocycles. The van der Waals surface area contributed by atoms with E-state index >= 15 is 0 Å². The van der Waals surface area contributed by atoms with Crippen molar-refractivity contribution in [3.05, 3.63) is 0 Å². The first-order chi connectivity index (χ1) is 8.41. The molecule has 104 valence electrons. The number of hydrogen-bond donors (Lipinski definition) is 0. The van der Waals surface area contributed by atoms with Gasteiger partial charge in [0, 0.05) is 7.11 Å². The maximum absolute atomic E-state index is 11.9. The molecule has 1 rings (SSSR count). The lowest BCUT2D eigenvalue weighted by Crippen LogP contribution is -2.24. The molecule has 0 spiro atoms. The molecular weight excluding hydrogens is 261 g/mol. The van der Waals surface area contributed by atoms with Crippen LogP contribution in [0.3, 0.4) is 0 Å². The van der Waals surface area contributed by atoms with Crippen LogP contribution in [0.15, 0.2) is 0 Å². The molecule has 0 radical (unpaired) electrons. The van der Waals surface area contributed by atoms with Crippen molar-refractivity contribution in [3.8, 4) is 6.07 Å². The highest BCUT2D eigenvalue weighted by molar-refractivity contribution is 7.48. The normalized spacial score (nSPS) is 25.6. The molecule has 1 heterocycles. The summed E-state index contributed by atoms with van der Waals surface area (Å²) < 4.78 is 37.4. The Hall–Kier alpha value is -0.480. The van der Waals surface area contributed by atoms with Gasteiger partial charge in [0.05, 0.1) is 32.3 Å². The lowest BCUT2D eigenvalue weighted by Gasteiger charge is -2.19. The van der Waals surface area contributed by atoms with Crippen molar-refractivity contribution in [2.24, 2.45) is 0 Å². The Kier molecular flexibility index (Phi) is 5.73. The van der Waals surface area contributed by atoms with Crippen LogP contribution in [0, 0.1) is 11.3 Å². The van der Waals surface area contributed by atoms with Gasteiger partial charge in [0.15, 0.2) is 5.79 Å². The van der Waals surface area contributed by atoms with E-state index in [1.807, 2.05) is 6.07 Å². The molecule has 1 aliphatic heterocycles. The maximum Gasteiger partial charge on any atom is 0.474 e. The second-order valence-corrected chi connectivity index (χ2v) is 5.89. The van der Waals surface area contributed by atoms with Crippen molar-refractivity contribution >= 4 is 7.82 Å². The Balaban J connectivity index is 2.35. The van der Waals surface area contributed by atoms with Gasteiger partial charge in [-0.3, -0.25) is 13.6 Å². The van der Waals surface area contributed by atoms with E-state index in [-0.39, 0.29) is 25.7 Å². The van der Waals surface area contributed by atoms with Crippen molar-refractivity contribution < 1.29 is 27.6 Å². The summed E-state index contributed by atoms with van der Waals surface area (Å²) in [4.78, 5) is 0. The van der Waals surface area contributed by atoms with Gasteiger partial charge < -0.3 is 9.47 Å². The summed E-state index contributed by atoms with van der Waals surface area (Å²) in [6.45, 7) is 3.96. The third-order valence-electron chi connectivity index (χ3n) is 2.17. The Labute approximate surface area is 107 Å². The Morgan fingerprint density at radius 1 is 1.50 bits per heavy atom. The summed E-state index contributed by atoms with van der Waals surface area (Å²) >= 11 is 0. The molecule has 1 fully saturated rings. The minimum absolute atomic E-state index is 0.00483. The average Bonchev–Trinajstić information content (AvgIpc) is 2.67. The lowest BCUT2D eigenvalue weighted by molar-refractivity contribution is -0.142. The van der Waals surface area contributed by atoms with Gasteiger partial charge in [-0.05, 0) is 13.8 Å². The minimum atomic E-state index is -3.61. The number of hydrogen-bond acceptors (Lipinski definition) is 7. The highest BCUT2D eigenvalue weighted by atomic mass is 31.2. The fourth-order valence-corrected chi connectivity index (χ4v) is 2.31. The van der Waals surface area contributed by atoms with Crippen LogP contribution in [0.1, 0.15) is 20.3 Å². The molecule has 0 saturated carbocycles. The van der Waals surface area contributed by atoms with Crippen molar-refractivity contribution in [3.63, 3.8) is 0 Å². The van der Waals surface area contributed by atoms with Crippen LogP contribution in [0.4, 0.5) is 0 Å². The summed E-state index contributed by atoms with van der Waals surface area (Å²) in [5, 5.41) is 8.36. The fraction of sp³-hybridized carbons (Fsp3) is 0.900. The van der Waals surface area contributed by atoms with Gasteiger partial charge in [-0.1, -0.05) is 0 Å². The first kappa shape index (κ1) is 15.6. The molecule has 7 nitrogen and oxygen atoms in total. The number of ether oxygens (including phenoxy) is 2. The third kappa shape index (κ3) is 5.02. The van der Waals surface area contributed by atoms with Gasteiger partial charge in [-0.25, -0.2) is 4.57 Å². The molecule has 0 amide bonds. The first-order valence-electron chi connectivity index (χ1n) is 5.54. The molecule has 1 unspecified atom stereocenters. The van der Waals surface area contributed by atoms with Crippen molar-refractivity contribution in [1.29, 1.82) is 5.26 Å². The third-order valence-corrected chi connectivity index (χ3v) is 3.58. The van der Waals surface area contributed by atoms with Gasteiger partial charge in [-0.2, -0.15) is 5.26 Å². The molecule has 1 aliphatic rings. The summed E-state index contributed by atoms with van der Waals surface area (Å²) in [6, 6.07) is 1.87. The van der Waals surface area contributed by atoms with E-state index in [4.69, 9.17) is 28.3 Å². The van der Waals surface area contributed by atoms with Crippen LogP contribution in [0.5, 0.6) is 0 Å². The number of nitriles is 1. The van der Waals surface area contributed by atoms with E-state index in [1.165, 1.54) is 7.11 Å². The highest BCUT2D eigenvalue weighted by Crippen LogP contribution is 2.49.